The topological polar surface area (TPSA) is 58.9 Å². The highest BCUT2D eigenvalue weighted by molar-refractivity contribution is 7.25. The molecule has 1 heterocycles. The van der Waals surface area contributed by atoms with Crippen molar-refractivity contribution in [2.45, 2.75) is 0 Å². The zero-order chi connectivity index (χ0) is 13.6. The molecule has 5 heteroatoms. The summed E-state index contributed by atoms with van der Waals surface area (Å²) in [6.07, 6.45) is 0. The second-order valence-electron chi connectivity index (χ2n) is 4.14. The zero-order valence-electron chi connectivity index (χ0n) is 10.4. The van der Waals surface area contributed by atoms with E-state index in [-0.39, 0.29) is 11.5 Å². The molecule has 4 nitrogen and oxygen atoms in total. The Morgan fingerprint density at radius 3 is 1.58 bits per heavy atom. The first-order valence-corrected chi connectivity index (χ1v) is 6.46. The number of rotatable bonds is 2. The van der Waals surface area contributed by atoms with Crippen LogP contribution in [-0.2, 0) is 0 Å². The van der Waals surface area contributed by atoms with Crippen LogP contribution in [0.5, 0.6) is 23.0 Å². The van der Waals surface area contributed by atoms with E-state index in [0.29, 0.717) is 11.5 Å². The molecule has 0 saturated heterocycles. The number of fused-ring (bicyclic) bond motifs is 3. The van der Waals surface area contributed by atoms with E-state index in [1.54, 1.807) is 35.6 Å². The van der Waals surface area contributed by atoms with Crippen LogP contribution in [0.25, 0.3) is 20.2 Å². The van der Waals surface area contributed by atoms with Crippen LogP contribution in [0, 0.1) is 0 Å². The summed E-state index contributed by atoms with van der Waals surface area (Å²) >= 11 is 1.56. The third-order valence-electron chi connectivity index (χ3n) is 3.07. The molecule has 0 bridgehead atoms. The second kappa shape index (κ2) is 4.20. The third-order valence-corrected chi connectivity index (χ3v) is 4.19. The molecule has 98 valence electrons. The lowest BCUT2D eigenvalue weighted by molar-refractivity contribution is 0.374. The van der Waals surface area contributed by atoms with Crippen molar-refractivity contribution in [3.63, 3.8) is 0 Å². The number of phenols is 2. The molecule has 3 aromatic rings. The standard InChI is InChI=1S/C14H12O4S/c1-17-11-5-13-7(3-9(11)15)8-4-10(16)12(18-2)6-14(8)19-13/h3-6,15-16H,1-2H3. The highest BCUT2D eigenvalue weighted by Crippen LogP contribution is 2.43. The first-order valence-electron chi connectivity index (χ1n) is 5.64. The molecule has 0 fully saturated rings. The number of phenolic OH excluding ortho intramolecular Hbond substituents is 2. The monoisotopic (exact) mass is 276 g/mol. The normalized spacial score (nSPS) is 11.1. The van der Waals surface area contributed by atoms with E-state index in [2.05, 4.69) is 0 Å². The average Bonchev–Trinajstić information content (AvgIpc) is 2.73. The van der Waals surface area contributed by atoms with Crippen molar-refractivity contribution in [2.24, 2.45) is 0 Å². The minimum atomic E-state index is 0.0880. The van der Waals surface area contributed by atoms with Gasteiger partial charge in [0.15, 0.2) is 23.0 Å². The molecule has 0 atom stereocenters. The Bertz CT molecular complexity index is 712. The molecule has 0 unspecified atom stereocenters. The predicted molar refractivity (Wildman–Crippen MR) is 75.8 cm³/mol. The van der Waals surface area contributed by atoms with Crippen LogP contribution >= 0.6 is 11.3 Å². The summed E-state index contributed by atoms with van der Waals surface area (Å²) in [5.74, 6) is 1.06. The van der Waals surface area contributed by atoms with Crippen LogP contribution in [0.2, 0.25) is 0 Å². The smallest absolute Gasteiger partial charge is 0.161 e. The maximum Gasteiger partial charge on any atom is 0.161 e. The second-order valence-corrected chi connectivity index (χ2v) is 5.23. The molecule has 19 heavy (non-hydrogen) atoms. The Hall–Kier alpha value is -2.14. The Labute approximate surface area is 113 Å². The van der Waals surface area contributed by atoms with Gasteiger partial charge in [-0.05, 0) is 12.1 Å². The molecule has 0 aliphatic carbocycles. The highest BCUT2D eigenvalue weighted by atomic mass is 32.1. The van der Waals surface area contributed by atoms with Crippen LogP contribution in [0.4, 0.5) is 0 Å². The maximum absolute atomic E-state index is 9.85. The lowest BCUT2D eigenvalue weighted by atomic mass is 10.1. The quantitative estimate of drug-likeness (QED) is 0.752. The van der Waals surface area contributed by atoms with Gasteiger partial charge in [-0.15, -0.1) is 11.3 Å². The summed E-state index contributed by atoms with van der Waals surface area (Å²) in [5.41, 5.74) is 0. The Morgan fingerprint density at radius 1 is 0.789 bits per heavy atom. The first kappa shape index (κ1) is 11.9. The highest BCUT2D eigenvalue weighted by Gasteiger charge is 2.13. The SMILES string of the molecule is COc1cc2sc3cc(OC)c(O)cc3c2cc1O. The van der Waals surface area contributed by atoms with Gasteiger partial charge in [0.2, 0.25) is 0 Å². The number of benzene rings is 2. The molecule has 0 aliphatic heterocycles. The molecule has 0 spiro atoms. The van der Waals surface area contributed by atoms with Crippen molar-refractivity contribution in [1.29, 1.82) is 0 Å². The van der Waals surface area contributed by atoms with Crippen LogP contribution in [0.15, 0.2) is 24.3 Å². The van der Waals surface area contributed by atoms with Crippen molar-refractivity contribution in [3.05, 3.63) is 24.3 Å². The number of thiophene rings is 1. The van der Waals surface area contributed by atoms with E-state index >= 15 is 0 Å². The lowest BCUT2D eigenvalue weighted by Crippen LogP contribution is -1.83. The molecule has 0 amide bonds. The summed E-state index contributed by atoms with van der Waals surface area (Å²) in [5, 5.41) is 21.5. The molecule has 2 N–H and O–H groups in total. The number of hydrogen-bond acceptors (Lipinski definition) is 5. The zero-order valence-corrected chi connectivity index (χ0v) is 11.2. The van der Waals surface area contributed by atoms with Gasteiger partial charge < -0.3 is 19.7 Å². The van der Waals surface area contributed by atoms with Crippen LogP contribution < -0.4 is 9.47 Å². The summed E-state index contributed by atoms with van der Waals surface area (Å²) in [6, 6.07) is 6.88. The molecule has 2 aromatic carbocycles. The van der Waals surface area contributed by atoms with E-state index < -0.39 is 0 Å². The fourth-order valence-corrected chi connectivity index (χ4v) is 3.26. The fraction of sp³-hybridized carbons (Fsp3) is 0.143. The van der Waals surface area contributed by atoms with Gasteiger partial charge in [-0.25, -0.2) is 0 Å². The molecule has 1 aromatic heterocycles. The van der Waals surface area contributed by atoms with Crippen LogP contribution in [0.1, 0.15) is 0 Å². The van der Waals surface area contributed by atoms with E-state index in [0.717, 1.165) is 20.2 Å². The number of methoxy groups -OCH3 is 2. The van der Waals surface area contributed by atoms with E-state index in [4.69, 9.17) is 9.47 Å². The first-order chi connectivity index (χ1) is 9.13. The molecular weight excluding hydrogens is 264 g/mol. The van der Waals surface area contributed by atoms with E-state index in [9.17, 15) is 10.2 Å². The van der Waals surface area contributed by atoms with E-state index in [1.165, 1.54) is 14.2 Å². The van der Waals surface area contributed by atoms with Gasteiger partial charge in [0.25, 0.3) is 0 Å². The Balaban J connectivity index is 2.39. The van der Waals surface area contributed by atoms with Crippen molar-refractivity contribution in [1.82, 2.24) is 0 Å². The molecule has 0 radical (unpaired) electrons. The minimum Gasteiger partial charge on any atom is -0.504 e. The van der Waals surface area contributed by atoms with Crippen LogP contribution in [-0.4, -0.2) is 24.4 Å². The average molecular weight is 276 g/mol. The number of hydrogen-bond donors (Lipinski definition) is 2. The Kier molecular flexibility index (Phi) is 2.64. The van der Waals surface area contributed by atoms with Gasteiger partial charge in [-0.2, -0.15) is 0 Å². The summed E-state index contributed by atoms with van der Waals surface area (Å²) in [6.45, 7) is 0. The van der Waals surface area contributed by atoms with Crippen molar-refractivity contribution in [2.75, 3.05) is 14.2 Å². The predicted octanol–water partition coefficient (Wildman–Crippen LogP) is 3.48. The number of ether oxygens (including phenoxy) is 2. The van der Waals surface area contributed by atoms with Gasteiger partial charge in [0.1, 0.15) is 0 Å². The van der Waals surface area contributed by atoms with E-state index in [1.807, 2.05) is 0 Å². The summed E-state index contributed by atoms with van der Waals surface area (Å²) in [7, 11) is 3.03. The molecule has 0 aliphatic rings. The molecule has 3 rings (SSSR count). The largest absolute Gasteiger partial charge is 0.504 e. The van der Waals surface area contributed by atoms with Gasteiger partial charge in [0, 0.05) is 32.3 Å². The van der Waals surface area contributed by atoms with Crippen molar-refractivity contribution >= 4 is 31.5 Å². The van der Waals surface area contributed by atoms with Crippen LogP contribution in [0.3, 0.4) is 0 Å². The van der Waals surface area contributed by atoms with Gasteiger partial charge in [-0.3, -0.25) is 0 Å². The van der Waals surface area contributed by atoms with Crippen molar-refractivity contribution < 1.29 is 19.7 Å². The van der Waals surface area contributed by atoms with Gasteiger partial charge in [0.05, 0.1) is 14.2 Å². The third kappa shape index (κ3) is 1.74. The lowest BCUT2D eigenvalue weighted by Gasteiger charge is -2.04. The minimum absolute atomic E-state index is 0.0880. The number of aromatic hydroxyl groups is 2. The maximum atomic E-state index is 9.85. The fourth-order valence-electron chi connectivity index (χ4n) is 2.13. The Morgan fingerprint density at radius 2 is 1.21 bits per heavy atom. The van der Waals surface area contributed by atoms with Crippen molar-refractivity contribution in [3.8, 4) is 23.0 Å². The summed E-state index contributed by atoms with van der Waals surface area (Å²) < 4.78 is 12.2. The molecular formula is C14H12O4S. The molecule has 0 saturated carbocycles. The van der Waals surface area contributed by atoms with Gasteiger partial charge in [-0.1, -0.05) is 0 Å². The summed E-state index contributed by atoms with van der Waals surface area (Å²) in [4.78, 5) is 0. The van der Waals surface area contributed by atoms with Gasteiger partial charge >= 0.3 is 0 Å².